The quantitative estimate of drug-likeness (QED) is 0.864. The van der Waals surface area contributed by atoms with Gasteiger partial charge in [0, 0.05) is 19.5 Å². The van der Waals surface area contributed by atoms with Crippen LogP contribution in [0.4, 0.5) is 4.79 Å². The number of hydrogen-bond donors (Lipinski definition) is 1. The van der Waals surface area contributed by atoms with Crippen LogP contribution in [0.3, 0.4) is 0 Å². The lowest BCUT2D eigenvalue weighted by atomic mass is 9.79. The number of carboxylic acid groups (broad SMARTS) is 1. The highest BCUT2D eigenvalue weighted by Crippen LogP contribution is 2.32. The molecule has 0 aromatic carbocycles. The van der Waals surface area contributed by atoms with Gasteiger partial charge in [0.1, 0.15) is 5.60 Å². The summed E-state index contributed by atoms with van der Waals surface area (Å²) in [5.41, 5.74) is -0.497. The Hall–Kier alpha value is -1.26. The zero-order valence-electron chi connectivity index (χ0n) is 13.9. The van der Waals surface area contributed by atoms with E-state index in [1.165, 1.54) is 0 Å². The molecule has 1 aliphatic rings. The molecule has 0 aromatic heterocycles. The molecule has 21 heavy (non-hydrogen) atoms. The number of piperidine rings is 1. The van der Waals surface area contributed by atoms with E-state index in [-0.39, 0.29) is 24.3 Å². The van der Waals surface area contributed by atoms with Gasteiger partial charge in [-0.1, -0.05) is 13.8 Å². The summed E-state index contributed by atoms with van der Waals surface area (Å²) in [5, 5.41) is 9.04. The van der Waals surface area contributed by atoms with Gasteiger partial charge in [0.25, 0.3) is 0 Å². The minimum absolute atomic E-state index is 0.156. The van der Waals surface area contributed by atoms with Crippen LogP contribution in [0.25, 0.3) is 0 Å². The Balaban J connectivity index is 2.69. The molecule has 2 atom stereocenters. The second kappa shape index (κ2) is 7.14. The van der Waals surface area contributed by atoms with E-state index in [2.05, 4.69) is 13.8 Å². The van der Waals surface area contributed by atoms with Gasteiger partial charge in [0.05, 0.1) is 0 Å². The average Bonchev–Trinajstić information content (AvgIpc) is 2.27. The number of aliphatic carboxylic acids is 1. The third-order valence-electron chi connectivity index (χ3n) is 3.75. The fourth-order valence-corrected chi connectivity index (χ4v) is 2.94. The van der Waals surface area contributed by atoms with Gasteiger partial charge in [0.2, 0.25) is 0 Å². The lowest BCUT2D eigenvalue weighted by molar-refractivity contribution is -0.139. The number of rotatable bonds is 4. The molecule has 0 bridgehead atoms. The minimum atomic E-state index is -0.750. The number of carboxylic acids is 1. The van der Waals surface area contributed by atoms with Crippen molar-refractivity contribution in [3.05, 3.63) is 0 Å². The van der Waals surface area contributed by atoms with Crippen LogP contribution in [0.1, 0.15) is 53.9 Å². The molecule has 0 spiro atoms. The molecule has 2 unspecified atom stereocenters. The summed E-state index contributed by atoms with van der Waals surface area (Å²) >= 11 is 0. The molecule has 5 heteroatoms. The van der Waals surface area contributed by atoms with Crippen LogP contribution in [0.5, 0.6) is 0 Å². The Kier molecular flexibility index (Phi) is 6.05. The number of carbonyl (C=O) groups excluding carboxylic acids is 1. The average molecular weight is 299 g/mol. The number of carbonyl (C=O) groups is 2. The summed E-state index contributed by atoms with van der Waals surface area (Å²) in [4.78, 5) is 24.9. The molecule has 0 saturated carbocycles. The van der Waals surface area contributed by atoms with Gasteiger partial charge in [-0.3, -0.25) is 4.79 Å². The van der Waals surface area contributed by atoms with E-state index in [0.717, 1.165) is 12.8 Å². The molecule has 1 N–H and O–H groups in total. The van der Waals surface area contributed by atoms with E-state index in [9.17, 15) is 9.59 Å². The summed E-state index contributed by atoms with van der Waals surface area (Å²) in [6, 6.07) is 0. The number of nitrogens with zero attached hydrogens (tertiary/aromatic N) is 1. The van der Waals surface area contributed by atoms with Crippen LogP contribution in [-0.2, 0) is 9.53 Å². The number of amides is 1. The van der Waals surface area contributed by atoms with Crippen LogP contribution in [0.15, 0.2) is 0 Å². The van der Waals surface area contributed by atoms with Crippen LogP contribution in [0, 0.1) is 17.8 Å². The zero-order valence-corrected chi connectivity index (χ0v) is 13.9. The first-order valence-corrected chi connectivity index (χ1v) is 7.78. The molecule has 1 aliphatic heterocycles. The maximum absolute atomic E-state index is 12.2. The van der Waals surface area contributed by atoms with Crippen molar-refractivity contribution >= 4 is 12.1 Å². The van der Waals surface area contributed by atoms with E-state index in [1.807, 2.05) is 20.8 Å². The van der Waals surface area contributed by atoms with E-state index < -0.39 is 11.6 Å². The topological polar surface area (TPSA) is 66.8 Å². The highest BCUT2D eigenvalue weighted by Gasteiger charge is 2.34. The number of ether oxygens (including phenoxy) is 1. The van der Waals surface area contributed by atoms with E-state index in [1.54, 1.807) is 4.90 Å². The van der Waals surface area contributed by atoms with Gasteiger partial charge in [-0.2, -0.15) is 0 Å². The maximum atomic E-state index is 12.2. The van der Waals surface area contributed by atoms with Crippen molar-refractivity contribution in [2.75, 3.05) is 13.1 Å². The van der Waals surface area contributed by atoms with Crippen LogP contribution >= 0.6 is 0 Å². The summed E-state index contributed by atoms with van der Waals surface area (Å²) in [6.45, 7) is 11.0. The SMILES string of the molecule is CC(C)CC1CN(C(=O)OC(C)(C)C)CCC1CC(=O)O. The fourth-order valence-electron chi connectivity index (χ4n) is 2.94. The second-order valence-electron chi connectivity index (χ2n) is 7.46. The molecule has 1 fully saturated rings. The van der Waals surface area contributed by atoms with Crippen molar-refractivity contribution in [3.63, 3.8) is 0 Å². The van der Waals surface area contributed by atoms with Crippen molar-refractivity contribution < 1.29 is 19.4 Å². The molecule has 0 aliphatic carbocycles. The Bertz CT molecular complexity index is 373. The van der Waals surface area contributed by atoms with Crippen LogP contribution in [-0.4, -0.2) is 40.8 Å². The number of likely N-dealkylation sites (tertiary alicyclic amines) is 1. The summed E-state index contributed by atoms with van der Waals surface area (Å²) in [5.74, 6) is 0.135. The van der Waals surface area contributed by atoms with Gasteiger partial charge in [-0.25, -0.2) is 4.79 Å². The first-order chi connectivity index (χ1) is 9.58. The van der Waals surface area contributed by atoms with E-state index >= 15 is 0 Å². The molecule has 1 rings (SSSR count). The molecule has 1 saturated heterocycles. The van der Waals surface area contributed by atoms with E-state index in [4.69, 9.17) is 9.84 Å². The van der Waals surface area contributed by atoms with Gasteiger partial charge < -0.3 is 14.7 Å². The molecule has 1 amide bonds. The summed E-state index contributed by atoms with van der Waals surface area (Å²) < 4.78 is 5.42. The van der Waals surface area contributed by atoms with Crippen molar-refractivity contribution in [2.45, 2.75) is 59.5 Å². The molecule has 122 valence electrons. The third-order valence-corrected chi connectivity index (χ3v) is 3.75. The monoisotopic (exact) mass is 299 g/mol. The molecule has 0 radical (unpaired) electrons. The largest absolute Gasteiger partial charge is 0.481 e. The minimum Gasteiger partial charge on any atom is -0.481 e. The first kappa shape index (κ1) is 17.8. The van der Waals surface area contributed by atoms with Crippen LogP contribution < -0.4 is 0 Å². The summed E-state index contributed by atoms with van der Waals surface area (Å²) in [6.07, 6.45) is 1.59. The molecular weight excluding hydrogens is 270 g/mol. The normalized spacial score (nSPS) is 23.2. The third kappa shape index (κ3) is 6.36. The Morgan fingerprint density at radius 3 is 2.38 bits per heavy atom. The van der Waals surface area contributed by atoms with Gasteiger partial charge in [-0.15, -0.1) is 0 Å². The Morgan fingerprint density at radius 2 is 1.90 bits per heavy atom. The first-order valence-electron chi connectivity index (χ1n) is 7.78. The fraction of sp³-hybridized carbons (Fsp3) is 0.875. The van der Waals surface area contributed by atoms with Crippen molar-refractivity contribution in [1.82, 2.24) is 4.90 Å². The molecular formula is C16H29NO4. The second-order valence-corrected chi connectivity index (χ2v) is 7.46. The van der Waals surface area contributed by atoms with Crippen LogP contribution in [0.2, 0.25) is 0 Å². The van der Waals surface area contributed by atoms with Crippen molar-refractivity contribution in [1.29, 1.82) is 0 Å². The van der Waals surface area contributed by atoms with Gasteiger partial charge >= 0.3 is 12.1 Å². The molecule has 5 nitrogen and oxygen atoms in total. The predicted molar refractivity (Wildman–Crippen MR) is 81.1 cm³/mol. The molecule has 0 aromatic rings. The Morgan fingerprint density at radius 1 is 1.29 bits per heavy atom. The van der Waals surface area contributed by atoms with Gasteiger partial charge in [0.15, 0.2) is 0 Å². The summed E-state index contributed by atoms with van der Waals surface area (Å²) in [7, 11) is 0. The zero-order chi connectivity index (χ0) is 16.2. The van der Waals surface area contributed by atoms with Crippen molar-refractivity contribution in [2.24, 2.45) is 17.8 Å². The highest BCUT2D eigenvalue weighted by atomic mass is 16.6. The Labute approximate surface area is 127 Å². The smallest absolute Gasteiger partial charge is 0.410 e. The highest BCUT2D eigenvalue weighted by molar-refractivity contribution is 5.69. The predicted octanol–water partition coefficient (Wildman–Crippen LogP) is 3.38. The number of hydrogen-bond acceptors (Lipinski definition) is 3. The van der Waals surface area contributed by atoms with E-state index in [0.29, 0.717) is 19.0 Å². The standard InChI is InChI=1S/C16H29NO4/c1-11(2)8-13-10-17(15(20)21-16(3,4)5)7-6-12(13)9-14(18)19/h11-13H,6-10H2,1-5H3,(H,18,19). The molecule has 1 heterocycles. The lowest BCUT2D eigenvalue weighted by Crippen LogP contribution is -2.46. The van der Waals surface area contributed by atoms with Crippen molar-refractivity contribution in [3.8, 4) is 0 Å². The van der Waals surface area contributed by atoms with Gasteiger partial charge in [-0.05, 0) is 51.4 Å². The lowest BCUT2D eigenvalue weighted by Gasteiger charge is -2.39. The maximum Gasteiger partial charge on any atom is 0.410 e.